The van der Waals surface area contributed by atoms with Crippen molar-refractivity contribution in [2.75, 3.05) is 26.8 Å². The molecule has 0 aliphatic heterocycles. The summed E-state index contributed by atoms with van der Waals surface area (Å²) in [5.41, 5.74) is 0. The number of hydrogen-bond acceptors (Lipinski definition) is 5. The molecule has 0 aliphatic rings. The normalized spacial score (nSPS) is 12.1. The molecule has 22 heavy (non-hydrogen) atoms. The monoisotopic (exact) mass is 314 g/mol. The predicted molar refractivity (Wildman–Crippen MR) is 82.2 cm³/mol. The number of carbonyl (C=O) groups is 3. The molecule has 0 unspecified atom stereocenters. The molecule has 7 nitrogen and oxygen atoms in total. The first-order chi connectivity index (χ1) is 10.4. The molecule has 0 saturated heterocycles. The fourth-order valence-corrected chi connectivity index (χ4v) is 1.84. The highest BCUT2D eigenvalue weighted by atomic mass is 16.5. The van der Waals surface area contributed by atoms with Gasteiger partial charge in [0.1, 0.15) is 6.61 Å². The molecule has 0 aromatic carbocycles. The first-order valence-corrected chi connectivity index (χ1v) is 7.34. The third-order valence-corrected chi connectivity index (χ3v) is 3.05. The Morgan fingerprint density at radius 2 is 1.73 bits per heavy atom. The molecule has 0 radical (unpaired) electrons. The highest BCUT2D eigenvalue weighted by molar-refractivity contribution is 5.91. The van der Waals surface area contributed by atoms with Crippen LogP contribution in [0.4, 0.5) is 4.79 Å². The van der Waals surface area contributed by atoms with E-state index in [2.05, 4.69) is 10.1 Å². The number of rotatable bonds is 8. The first-order valence-electron chi connectivity index (χ1n) is 7.34. The average Bonchev–Trinajstić information content (AvgIpc) is 2.48. The topological polar surface area (TPSA) is 84.9 Å². The molecular weight excluding hydrogens is 288 g/mol. The lowest BCUT2D eigenvalue weighted by Gasteiger charge is -2.33. The molecule has 0 bridgehead atoms. The van der Waals surface area contributed by atoms with Gasteiger partial charge in [-0.25, -0.2) is 14.4 Å². The molecule has 126 valence electrons. The Labute approximate surface area is 131 Å². The molecule has 0 fully saturated rings. The van der Waals surface area contributed by atoms with Gasteiger partial charge in [0.2, 0.25) is 0 Å². The summed E-state index contributed by atoms with van der Waals surface area (Å²) < 4.78 is 9.50. The second-order valence-corrected chi connectivity index (χ2v) is 4.92. The van der Waals surface area contributed by atoms with Gasteiger partial charge in [-0.05, 0) is 19.8 Å². The number of amides is 2. The summed E-state index contributed by atoms with van der Waals surface area (Å²) in [6.45, 7) is 8.70. The van der Waals surface area contributed by atoms with E-state index in [1.807, 2.05) is 27.7 Å². The standard InChI is InChI=1S/C15H26N2O5/c1-6-16-15(20)17(7-2)12(11(3)4)10-22-14(19)9-8-13(18)21-5/h8-9,11-12H,6-7,10H2,1-5H3,(H,16,20)/b9-8+/t12-/m1/s1. The van der Waals surface area contributed by atoms with Crippen molar-refractivity contribution in [3.05, 3.63) is 12.2 Å². The zero-order valence-corrected chi connectivity index (χ0v) is 13.9. The zero-order valence-electron chi connectivity index (χ0n) is 13.9. The van der Waals surface area contributed by atoms with Crippen molar-refractivity contribution in [3.8, 4) is 0 Å². The summed E-state index contributed by atoms with van der Waals surface area (Å²) in [5.74, 6) is -1.17. The number of methoxy groups -OCH3 is 1. The Kier molecular flexibility index (Phi) is 9.65. The SMILES string of the molecule is CCNC(=O)N(CC)[C@H](COC(=O)/C=C/C(=O)OC)C(C)C. The van der Waals surface area contributed by atoms with Crippen LogP contribution in [0.2, 0.25) is 0 Å². The van der Waals surface area contributed by atoms with E-state index < -0.39 is 11.9 Å². The van der Waals surface area contributed by atoms with E-state index in [4.69, 9.17) is 4.74 Å². The van der Waals surface area contributed by atoms with Crippen LogP contribution in [0, 0.1) is 5.92 Å². The van der Waals surface area contributed by atoms with Crippen molar-refractivity contribution in [1.82, 2.24) is 10.2 Å². The summed E-state index contributed by atoms with van der Waals surface area (Å²) in [4.78, 5) is 36.1. The van der Waals surface area contributed by atoms with Crippen LogP contribution in [-0.2, 0) is 19.1 Å². The van der Waals surface area contributed by atoms with Gasteiger partial charge in [0.25, 0.3) is 0 Å². The summed E-state index contributed by atoms with van der Waals surface area (Å²) in [5, 5.41) is 2.74. The molecule has 0 spiro atoms. The Morgan fingerprint density at radius 3 is 2.18 bits per heavy atom. The van der Waals surface area contributed by atoms with Gasteiger partial charge in [0.05, 0.1) is 13.2 Å². The van der Waals surface area contributed by atoms with Crippen LogP contribution in [0.5, 0.6) is 0 Å². The van der Waals surface area contributed by atoms with Gasteiger partial charge >= 0.3 is 18.0 Å². The van der Waals surface area contributed by atoms with Crippen molar-refractivity contribution < 1.29 is 23.9 Å². The third-order valence-electron chi connectivity index (χ3n) is 3.05. The number of nitrogens with one attached hydrogen (secondary N) is 1. The number of hydrogen-bond donors (Lipinski definition) is 1. The van der Waals surface area contributed by atoms with E-state index in [-0.39, 0.29) is 24.6 Å². The highest BCUT2D eigenvalue weighted by Gasteiger charge is 2.26. The summed E-state index contributed by atoms with van der Waals surface area (Å²) >= 11 is 0. The molecule has 2 amide bonds. The van der Waals surface area contributed by atoms with Gasteiger partial charge in [-0.3, -0.25) is 0 Å². The van der Waals surface area contributed by atoms with E-state index in [1.54, 1.807) is 4.90 Å². The van der Waals surface area contributed by atoms with Gasteiger partial charge in [0.15, 0.2) is 0 Å². The Morgan fingerprint density at radius 1 is 1.14 bits per heavy atom. The lowest BCUT2D eigenvalue weighted by molar-refractivity contribution is -0.140. The maximum Gasteiger partial charge on any atom is 0.331 e. The fraction of sp³-hybridized carbons (Fsp3) is 0.667. The molecule has 1 atom stereocenters. The molecule has 0 aromatic heterocycles. The van der Waals surface area contributed by atoms with Crippen LogP contribution < -0.4 is 5.32 Å². The molecular formula is C15H26N2O5. The number of urea groups is 1. The van der Waals surface area contributed by atoms with Gasteiger partial charge < -0.3 is 19.7 Å². The van der Waals surface area contributed by atoms with Crippen LogP contribution in [0.3, 0.4) is 0 Å². The minimum Gasteiger partial charge on any atom is -0.466 e. The highest BCUT2D eigenvalue weighted by Crippen LogP contribution is 2.12. The average molecular weight is 314 g/mol. The smallest absolute Gasteiger partial charge is 0.331 e. The fourth-order valence-electron chi connectivity index (χ4n) is 1.84. The molecule has 7 heteroatoms. The van der Waals surface area contributed by atoms with Crippen LogP contribution >= 0.6 is 0 Å². The molecule has 0 aliphatic carbocycles. The van der Waals surface area contributed by atoms with Gasteiger partial charge in [-0.15, -0.1) is 0 Å². The maximum absolute atomic E-state index is 12.0. The zero-order chi connectivity index (χ0) is 17.1. The molecule has 1 N–H and O–H groups in total. The Bertz CT molecular complexity index is 407. The Hall–Kier alpha value is -2.05. The summed E-state index contributed by atoms with van der Waals surface area (Å²) in [7, 11) is 1.22. The summed E-state index contributed by atoms with van der Waals surface area (Å²) in [6, 6.07) is -0.433. The minimum atomic E-state index is -0.650. The van der Waals surface area contributed by atoms with Gasteiger partial charge in [0, 0.05) is 25.2 Å². The second-order valence-electron chi connectivity index (χ2n) is 4.92. The quantitative estimate of drug-likeness (QED) is 0.540. The van der Waals surface area contributed by atoms with Gasteiger partial charge in [-0.2, -0.15) is 0 Å². The number of esters is 2. The van der Waals surface area contributed by atoms with E-state index >= 15 is 0 Å². The number of likely N-dealkylation sites (N-methyl/N-ethyl adjacent to an activating group) is 1. The maximum atomic E-state index is 12.0. The molecule has 0 aromatic rings. The van der Waals surface area contributed by atoms with Crippen LogP contribution in [0.15, 0.2) is 12.2 Å². The largest absolute Gasteiger partial charge is 0.466 e. The van der Waals surface area contributed by atoms with E-state index in [0.717, 1.165) is 12.2 Å². The van der Waals surface area contributed by atoms with Gasteiger partial charge in [-0.1, -0.05) is 13.8 Å². The van der Waals surface area contributed by atoms with E-state index in [1.165, 1.54) is 7.11 Å². The van der Waals surface area contributed by atoms with Crippen molar-refractivity contribution >= 4 is 18.0 Å². The lowest BCUT2D eigenvalue weighted by Crippen LogP contribution is -2.50. The predicted octanol–water partition coefficient (Wildman–Crippen LogP) is 1.33. The molecule has 0 saturated carbocycles. The second kappa shape index (κ2) is 10.6. The van der Waals surface area contributed by atoms with Crippen LogP contribution in [0.1, 0.15) is 27.7 Å². The molecule has 0 rings (SSSR count). The molecule has 0 heterocycles. The van der Waals surface area contributed by atoms with Crippen LogP contribution in [-0.4, -0.2) is 55.7 Å². The number of carbonyl (C=O) groups excluding carboxylic acids is 3. The first kappa shape index (κ1) is 19.9. The third kappa shape index (κ3) is 7.10. The number of nitrogens with zero attached hydrogens (tertiary/aromatic N) is 1. The Balaban J connectivity index is 4.70. The van der Waals surface area contributed by atoms with Crippen molar-refractivity contribution in [2.24, 2.45) is 5.92 Å². The van der Waals surface area contributed by atoms with Crippen molar-refractivity contribution in [3.63, 3.8) is 0 Å². The van der Waals surface area contributed by atoms with Crippen molar-refractivity contribution in [2.45, 2.75) is 33.7 Å². The van der Waals surface area contributed by atoms with E-state index in [9.17, 15) is 14.4 Å². The summed E-state index contributed by atoms with van der Waals surface area (Å²) in [6.07, 6.45) is 2.00. The van der Waals surface area contributed by atoms with E-state index in [0.29, 0.717) is 13.1 Å². The van der Waals surface area contributed by atoms with Crippen LogP contribution in [0.25, 0.3) is 0 Å². The minimum absolute atomic E-state index is 0.0625. The lowest BCUT2D eigenvalue weighted by atomic mass is 10.0. The number of ether oxygens (including phenoxy) is 2. The van der Waals surface area contributed by atoms with Crippen molar-refractivity contribution in [1.29, 1.82) is 0 Å².